The molecule has 0 fully saturated rings. The van der Waals surface area contributed by atoms with Crippen LogP contribution >= 0.6 is 0 Å². The van der Waals surface area contributed by atoms with Crippen molar-refractivity contribution in [1.82, 2.24) is 9.97 Å². The van der Waals surface area contributed by atoms with E-state index < -0.39 is 0 Å². The third-order valence-corrected chi connectivity index (χ3v) is 3.76. The average Bonchev–Trinajstić information content (AvgIpc) is 2.61. The van der Waals surface area contributed by atoms with E-state index in [2.05, 4.69) is 34.4 Å². The maximum absolute atomic E-state index is 6.19. The highest BCUT2D eigenvalue weighted by atomic mass is 16.5. The molecule has 0 atom stereocenters. The molecule has 7 nitrogen and oxygen atoms in total. The van der Waals surface area contributed by atoms with Gasteiger partial charge in [0.2, 0.25) is 5.95 Å². The van der Waals surface area contributed by atoms with Crippen LogP contribution in [0.2, 0.25) is 0 Å². The van der Waals surface area contributed by atoms with Gasteiger partial charge in [-0.15, -0.1) is 0 Å². The number of methoxy groups -OCH3 is 2. The third kappa shape index (κ3) is 4.47. The maximum atomic E-state index is 6.19. The summed E-state index contributed by atoms with van der Waals surface area (Å²) in [5, 5.41) is 6.24. The van der Waals surface area contributed by atoms with E-state index in [9.17, 15) is 0 Å². The van der Waals surface area contributed by atoms with Crippen molar-refractivity contribution in [2.45, 2.75) is 39.7 Å². The summed E-state index contributed by atoms with van der Waals surface area (Å²) in [6.45, 7) is 8.28. The summed E-state index contributed by atoms with van der Waals surface area (Å²) in [5.74, 6) is 3.91. The van der Waals surface area contributed by atoms with Crippen LogP contribution < -0.4 is 24.8 Å². The molecule has 2 aromatic rings. The molecule has 0 aliphatic heterocycles. The maximum Gasteiger partial charge on any atom is 0.224 e. The fourth-order valence-corrected chi connectivity index (χ4v) is 2.48. The van der Waals surface area contributed by atoms with Crippen LogP contribution in [0.1, 0.15) is 39.2 Å². The molecule has 0 aliphatic carbocycles. The van der Waals surface area contributed by atoms with Gasteiger partial charge in [0.1, 0.15) is 5.75 Å². The van der Waals surface area contributed by atoms with Gasteiger partial charge in [0.05, 0.1) is 20.4 Å². The number of benzene rings is 1. The fourth-order valence-electron chi connectivity index (χ4n) is 2.48. The van der Waals surface area contributed by atoms with Crippen molar-refractivity contribution in [1.29, 1.82) is 0 Å². The topological polar surface area (TPSA) is 77.5 Å². The number of hydrogen-bond donors (Lipinski definition) is 2. The van der Waals surface area contributed by atoms with Crippen molar-refractivity contribution in [3.8, 4) is 23.0 Å². The average molecular weight is 360 g/mol. The number of rotatable bonds is 8. The zero-order valence-corrected chi connectivity index (χ0v) is 16.5. The monoisotopic (exact) mass is 360 g/mol. The second-order valence-corrected chi connectivity index (χ2v) is 6.46. The van der Waals surface area contributed by atoms with E-state index in [0.29, 0.717) is 34.8 Å². The molecule has 7 heteroatoms. The molecular formula is C19H28N4O3. The third-order valence-electron chi connectivity index (χ3n) is 3.76. The zero-order valence-electron chi connectivity index (χ0n) is 16.5. The lowest BCUT2D eigenvalue weighted by Crippen LogP contribution is -2.13. The van der Waals surface area contributed by atoms with Crippen molar-refractivity contribution < 1.29 is 14.2 Å². The van der Waals surface area contributed by atoms with E-state index in [1.165, 1.54) is 0 Å². The summed E-state index contributed by atoms with van der Waals surface area (Å²) in [6.07, 6.45) is 1.66. The Morgan fingerprint density at radius 3 is 2.12 bits per heavy atom. The second-order valence-electron chi connectivity index (χ2n) is 6.46. The van der Waals surface area contributed by atoms with Gasteiger partial charge in [-0.05, 0) is 25.8 Å². The lowest BCUT2D eigenvalue weighted by atomic mass is 10.0. The summed E-state index contributed by atoms with van der Waals surface area (Å²) >= 11 is 0. The van der Waals surface area contributed by atoms with E-state index in [4.69, 9.17) is 14.2 Å². The van der Waals surface area contributed by atoms with Crippen LogP contribution in [0.3, 0.4) is 0 Å². The van der Waals surface area contributed by atoms with Crippen molar-refractivity contribution in [3.63, 3.8) is 0 Å². The predicted molar refractivity (Wildman–Crippen MR) is 104 cm³/mol. The molecule has 0 saturated heterocycles. The number of anilines is 2. The first-order valence-corrected chi connectivity index (χ1v) is 8.64. The minimum absolute atomic E-state index is 0.201. The Hall–Kier alpha value is -2.70. The first-order chi connectivity index (χ1) is 12.4. The molecule has 1 heterocycles. The van der Waals surface area contributed by atoms with Gasteiger partial charge in [0.15, 0.2) is 23.1 Å². The number of hydrogen-bond acceptors (Lipinski definition) is 7. The zero-order chi connectivity index (χ0) is 19.3. The van der Waals surface area contributed by atoms with Crippen molar-refractivity contribution >= 4 is 11.8 Å². The van der Waals surface area contributed by atoms with Crippen LogP contribution in [0.15, 0.2) is 18.3 Å². The van der Waals surface area contributed by atoms with Gasteiger partial charge in [-0.2, -0.15) is 4.98 Å². The van der Waals surface area contributed by atoms with E-state index in [0.717, 1.165) is 5.56 Å². The first kappa shape index (κ1) is 19.6. The Morgan fingerprint density at radius 1 is 0.923 bits per heavy atom. The van der Waals surface area contributed by atoms with Crippen LogP contribution in [0.5, 0.6) is 23.0 Å². The first-order valence-electron chi connectivity index (χ1n) is 8.64. The van der Waals surface area contributed by atoms with Gasteiger partial charge in [-0.1, -0.05) is 13.8 Å². The normalized spacial score (nSPS) is 10.8. The number of nitrogens with zero attached hydrogens (tertiary/aromatic N) is 2. The van der Waals surface area contributed by atoms with Crippen molar-refractivity contribution in [2.75, 3.05) is 31.9 Å². The fraction of sp³-hybridized carbons (Fsp3) is 0.474. The highest BCUT2D eigenvalue weighted by molar-refractivity contribution is 5.57. The Bertz CT molecular complexity index is 748. The minimum Gasteiger partial charge on any atom is -0.493 e. The molecule has 2 rings (SSSR count). The van der Waals surface area contributed by atoms with E-state index in [1.807, 2.05) is 26.0 Å². The van der Waals surface area contributed by atoms with Crippen LogP contribution in [0.4, 0.5) is 11.8 Å². The van der Waals surface area contributed by atoms with E-state index in [1.54, 1.807) is 27.5 Å². The predicted octanol–water partition coefficient (Wildman–Crippen LogP) is 4.27. The molecule has 0 aliphatic rings. The Labute approximate surface area is 155 Å². The molecule has 0 unspecified atom stereocenters. The summed E-state index contributed by atoms with van der Waals surface area (Å²) < 4.78 is 17.0. The molecule has 1 aromatic carbocycles. The smallest absolute Gasteiger partial charge is 0.224 e. The van der Waals surface area contributed by atoms with Gasteiger partial charge in [0.25, 0.3) is 0 Å². The summed E-state index contributed by atoms with van der Waals surface area (Å²) in [6, 6.07) is 3.98. The number of aromatic nitrogens is 2. The molecule has 0 amide bonds. The van der Waals surface area contributed by atoms with Crippen molar-refractivity contribution in [2.24, 2.45) is 0 Å². The summed E-state index contributed by atoms with van der Waals surface area (Å²) in [5.41, 5.74) is 1.01. The van der Waals surface area contributed by atoms with Crippen LogP contribution in [-0.4, -0.2) is 37.3 Å². The standard InChI is InChI=1S/C19H28N4O3/c1-11(2)13-8-15(24-6)16(25-7)9-14(13)26-17-10-21-19(20-5)23-18(17)22-12(3)4/h8-12H,1-7H3,(H2,20,21,22,23). The highest BCUT2D eigenvalue weighted by Gasteiger charge is 2.18. The van der Waals surface area contributed by atoms with Crippen LogP contribution in [-0.2, 0) is 0 Å². The van der Waals surface area contributed by atoms with Gasteiger partial charge in [-0.25, -0.2) is 4.98 Å². The van der Waals surface area contributed by atoms with E-state index >= 15 is 0 Å². The molecule has 2 N–H and O–H groups in total. The van der Waals surface area contributed by atoms with Crippen LogP contribution in [0.25, 0.3) is 0 Å². The number of ether oxygens (including phenoxy) is 3. The highest BCUT2D eigenvalue weighted by Crippen LogP contribution is 2.41. The van der Waals surface area contributed by atoms with Crippen LogP contribution in [0, 0.1) is 0 Å². The second kappa shape index (κ2) is 8.60. The Morgan fingerprint density at radius 2 is 1.58 bits per heavy atom. The largest absolute Gasteiger partial charge is 0.493 e. The van der Waals surface area contributed by atoms with Gasteiger partial charge in [0, 0.05) is 24.7 Å². The number of nitrogens with one attached hydrogen (secondary N) is 2. The molecule has 0 bridgehead atoms. The quantitative estimate of drug-likeness (QED) is 0.728. The Kier molecular flexibility index (Phi) is 6.49. The molecule has 1 aromatic heterocycles. The van der Waals surface area contributed by atoms with Gasteiger partial charge >= 0.3 is 0 Å². The molecule has 142 valence electrons. The summed E-state index contributed by atoms with van der Waals surface area (Å²) in [4.78, 5) is 8.73. The summed E-state index contributed by atoms with van der Waals surface area (Å²) in [7, 11) is 5.00. The molecule has 26 heavy (non-hydrogen) atoms. The lowest BCUT2D eigenvalue weighted by Gasteiger charge is -2.19. The lowest BCUT2D eigenvalue weighted by molar-refractivity contribution is 0.350. The molecule has 0 spiro atoms. The molecule has 0 saturated carbocycles. The molecular weight excluding hydrogens is 332 g/mol. The van der Waals surface area contributed by atoms with Gasteiger partial charge in [-0.3, -0.25) is 0 Å². The van der Waals surface area contributed by atoms with E-state index in [-0.39, 0.29) is 12.0 Å². The minimum atomic E-state index is 0.201. The Balaban J connectivity index is 2.50. The van der Waals surface area contributed by atoms with Gasteiger partial charge < -0.3 is 24.8 Å². The molecule has 0 radical (unpaired) electrons. The van der Waals surface area contributed by atoms with Crippen molar-refractivity contribution in [3.05, 3.63) is 23.9 Å². The SMILES string of the molecule is CNc1ncc(Oc2cc(OC)c(OC)cc2C(C)C)c(NC(C)C)n1.